The molecule has 1 N–H and O–H groups in total. The molecule has 0 aliphatic carbocycles. The van der Waals surface area contributed by atoms with E-state index in [0.717, 1.165) is 23.8 Å². The quantitative estimate of drug-likeness (QED) is 0.272. The van der Waals surface area contributed by atoms with Crippen LogP contribution < -0.4 is 10.3 Å². The fourth-order valence-corrected chi connectivity index (χ4v) is 5.57. The maximum absolute atomic E-state index is 15.0. The summed E-state index contributed by atoms with van der Waals surface area (Å²) < 4.78 is 41.6. The molecule has 1 saturated heterocycles. The Balaban J connectivity index is 1.83. The van der Waals surface area contributed by atoms with Crippen LogP contribution in [-0.4, -0.2) is 44.9 Å². The molecule has 11 heteroatoms. The van der Waals surface area contributed by atoms with Crippen LogP contribution in [0.4, 0.5) is 13.6 Å². The molecule has 9 nitrogen and oxygen atoms in total. The van der Waals surface area contributed by atoms with Gasteiger partial charge in [0.05, 0.1) is 47.0 Å². The van der Waals surface area contributed by atoms with Gasteiger partial charge in [-0.15, -0.1) is 0 Å². The second-order valence-electron chi connectivity index (χ2n) is 12.6. The molecule has 1 aliphatic rings. The number of rotatable bonds is 5. The number of fused-ring (bicyclic) bond motifs is 1. The average molecular weight is 617 g/mol. The van der Waals surface area contributed by atoms with E-state index >= 15 is 8.78 Å². The van der Waals surface area contributed by atoms with Crippen LogP contribution in [0, 0.1) is 23.0 Å². The van der Waals surface area contributed by atoms with Crippen molar-refractivity contribution in [2.75, 3.05) is 13.7 Å². The highest BCUT2D eigenvalue weighted by molar-refractivity contribution is 5.94. The van der Waals surface area contributed by atoms with Crippen LogP contribution in [-0.2, 0) is 10.3 Å². The number of nitrogens with zero attached hydrogens (tertiary/aromatic N) is 4. The zero-order valence-corrected chi connectivity index (χ0v) is 25.9. The van der Waals surface area contributed by atoms with Gasteiger partial charge < -0.3 is 14.6 Å². The molecular weight excluding hydrogens is 582 g/mol. The Morgan fingerprint density at radius 3 is 2.27 bits per heavy atom. The normalized spacial score (nSPS) is 15.3. The lowest BCUT2D eigenvalue weighted by molar-refractivity contribution is 0.0216. The van der Waals surface area contributed by atoms with Gasteiger partial charge in [-0.2, -0.15) is 5.26 Å². The van der Waals surface area contributed by atoms with Crippen LogP contribution in [0.2, 0.25) is 0 Å². The first-order valence-corrected chi connectivity index (χ1v) is 14.5. The number of halogens is 2. The minimum atomic E-state index is -1.09. The van der Waals surface area contributed by atoms with Gasteiger partial charge in [0, 0.05) is 24.2 Å². The zero-order valence-electron chi connectivity index (χ0n) is 25.9. The monoisotopic (exact) mass is 616 g/mol. The maximum Gasteiger partial charge on any atom is 0.410 e. The standard InChI is InChI=1S/C34H34F2N4O5/c1-33(2,3)45-32(42)39-13-7-8-27(39)30-38-28-23(20-9-11-21(12-10-20)34(4,5)43)14-19(18-37)15-24(28)31(41)40(30)22-16-25(35)29(44-6)26(36)17-22/h9-12,14-17,27,43H,7-8,13H2,1-6H3. The predicted molar refractivity (Wildman–Crippen MR) is 164 cm³/mol. The molecular formula is C34H34F2N4O5. The van der Waals surface area contributed by atoms with Crippen molar-refractivity contribution < 1.29 is 28.2 Å². The average Bonchev–Trinajstić information content (AvgIpc) is 3.45. The maximum atomic E-state index is 15.0. The van der Waals surface area contributed by atoms with Gasteiger partial charge >= 0.3 is 6.09 Å². The smallest absolute Gasteiger partial charge is 0.410 e. The second-order valence-corrected chi connectivity index (χ2v) is 12.6. The summed E-state index contributed by atoms with van der Waals surface area (Å²) in [7, 11) is 1.13. The number of aromatic nitrogens is 2. The van der Waals surface area contributed by atoms with Gasteiger partial charge in [0.15, 0.2) is 17.4 Å². The summed E-state index contributed by atoms with van der Waals surface area (Å²) in [6, 6.07) is 13.2. The van der Waals surface area contributed by atoms with Crippen LogP contribution in [0.5, 0.6) is 5.75 Å². The van der Waals surface area contributed by atoms with Gasteiger partial charge in [-0.25, -0.2) is 18.6 Å². The number of aliphatic hydroxyl groups is 1. The summed E-state index contributed by atoms with van der Waals surface area (Å²) >= 11 is 0. The molecule has 1 aliphatic heterocycles. The van der Waals surface area contributed by atoms with E-state index in [1.807, 2.05) is 0 Å². The SMILES string of the molecule is COc1c(F)cc(-n2c(C3CCCN3C(=O)OC(C)(C)C)nc3c(-c4ccc(C(C)(C)O)cc4)cc(C#N)cc3c2=O)cc1F. The number of hydrogen-bond donors (Lipinski definition) is 1. The number of amides is 1. The number of carbonyl (C=O) groups is 1. The molecule has 0 bridgehead atoms. The third kappa shape index (κ3) is 6.11. The number of likely N-dealkylation sites (tertiary alicyclic amines) is 1. The first-order chi connectivity index (χ1) is 21.1. The van der Waals surface area contributed by atoms with E-state index in [-0.39, 0.29) is 28.0 Å². The molecule has 1 unspecified atom stereocenters. The minimum absolute atomic E-state index is 0.0396. The largest absolute Gasteiger partial charge is 0.491 e. The zero-order chi connectivity index (χ0) is 32.8. The highest BCUT2D eigenvalue weighted by Crippen LogP contribution is 2.37. The molecule has 234 valence electrons. The third-order valence-electron chi connectivity index (χ3n) is 7.65. The highest BCUT2D eigenvalue weighted by Gasteiger charge is 2.37. The molecule has 0 spiro atoms. The topological polar surface area (TPSA) is 118 Å². The Labute approximate surface area is 259 Å². The lowest BCUT2D eigenvalue weighted by atomic mass is 9.94. The minimum Gasteiger partial charge on any atom is -0.491 e. The fourth-order valence-electron chi connectivity index (χ4n) is 5.57. The van der Waals surface area contributed by atoms with Crippen molar-refractivity contribution in [3.05, 3.63) is 87.5 Å². The highest BCUT2D eigenvalue weighted by atomic mass is 19.1. The lowest BCUT2D eigenvalue weighted by Crippen LogP contribution is -2.38. The number of hydrogen-bond acceptors (Lipinski definition) is 7. The summed E-state index contributed by atoms with van der Waals surface area (Å²) in [5.74, 6) is -2.58. The summed E-state index contributed by atoms with van der Waals surface area (Å²) in [6.45, 7) is 8.86. The number of carbonyl (C=O) groups excluding carboxylic acids is 1. The molecule has 2 heterocycles. The third-order valence-corrected chi connectivity index (χ3v) is 7.65. The Kier molecular flexibility index (Phi) is 8.14. The number of methoxy groups -OCH3 is 1. The van der Waals surface area contributed by atoms with Crippen molar-refractivity contribution in [1.29, 1.82) is 5.26 Å². The molecule has 1 aromatic heterocycles. The Bertz CT molecular complexity index is 1880. The Hall–Kier alpha value is -4.82. The molecule has 45 heavy (non-hydrogen) atoms. The van der Waals surface area contributed by atoms with Crippen LogP contribution in [0.15, 0.2) is 53.3 Å². The van der Waals surface area contributed by atoms with E-state index in [4.69, 9.17) is 14.5 Å². The van der Waals surface area contributed by atoms with Gasteiger partial charge in [-0.1, -0.05) is 24.3 Å². The van der Waals surface area contributed by atoms with Crippen molar-refractivity contribution in [1.82, 2.24) is 14.5 Å². The number of benzene rings is 3. The van der Waals surface area contributed by atoms with Crippen molar-refractivity contribution in [2.45, 2.75) is 64.7 Å². The predicted octanol–water partition coefficient (Wildman–Crippen LogP) is 6.51. The van der Waals surface area contributed by atoms with Crippen LogP contribution in [0.25, 0.3) is 27.7 Å². The second kappa shape index (κ2) is 11.6. The number of nitriles is 1. The number of ether oxygens (including phenoxy) is 2. The lowest BCUT2D eigenvalue weighted by Gasteiger charge is -2.29. The fraction of sp³-hybridized carbons (Fsp3) is 0.353. The first-order valence-electron chi connectivity index (χ1n) is 14.5. The van der Waals surface area contributed by atoms with Gasteiger partial charge in [0.1, 0.15) is 11.4 Å². The molecule has 4 aromatic rings. The van der Waals surface area contributed by atoms with E-state index in [1.54, 1.807) is 65.0 Å². The van der Waals surface area contributed by atoms with E-state index in [0.29, 0.717) is 36.1 Å². The molecule has 0 saturated carbocycles. The summed E-state index contributed by atoms with van der Waals surface area (Å²) in [6.07, 6.45) is 0.367. The summed E-state index contributed by atoms with van der Waals surface area (Å²) in [5, 5.41) is 20.3. The molecule has 0 radical (unpaired) electrons. The van der Waals surface area contributed by atoms with Crippen molar-refractivity contribution in [2.24, 2.45) is 0 Å². The van der Waals surface area contributed by atoms with Crippen molar-refractivity contribution in [3.63, 3.8) is 0 Å². The van der Waals surface area contributed by atoms with Crippen LogP contribution in [0.1, 0.15) is 70.5 Å². The molecule has 1 amide bonds. The van der Waals surface area contributed by atoms with Gasteiger partial charge in [0.25, 0.3) is 5.56 Å². The van der Waals surface area contributed by atoms with E-state index < -0.39 is 46.3 Å². The summed E-state index contributed by atoms with van der Waals surface area (Å²) in [4.78, 5) is 34.1. The van der Waals surface area contributed by atoms with Crippen LogP contribution >= 0.6 is 0 Å². The van der Waals surface area contributed by atoms with E-state index in [9.17, 15) is 20.0 Å². The molecule has 1 atom stereocenters. The van der Waals surface area contributed by atoms with Crippen molar-refractivity contribution in [3.8, 4) is 28.6 Å². The molecule has 1 fully saturated rings. The van der Waals surface area contributed by atoms with Gasteiger partial charge in [0.2, 0.25) is 0 Å². The Morgan fingerprint density at radius 2 is 1.71 bits per heavy atom. The van der Waals surface area contributed by atoms with Gasteiger partial charge in [-0.3, -0.25) is 14.3 Å². The Morgan fingerprint density at radius 1 is 1.07 bits per heavy atom. The molecule has 5 rings (SSSR count). The van der Waals surface area contributed by atoms with E-state index in [2.05, 4.69) is 6.07 Å². The van der Waals surface area contributed by atoms with Crippen molar-refractivity contribution >= 4 is 17.0 Å². The van der Waals surface area contributed by atoms with E-state index in [1.165, 1.54) is 11.0 Å². The first kappa shape index (κ1) is 31.6. The summed E-state index contributed by atoms with van der Waals surface area (Å²) in [5.41, 5.74) is -0.563. The molecule has 3 aromatic carbocycles. The van der Waals surface area contributed by atoms with Crippen LogP contribution in [0.3, 0.4) is 0 Å². The van der Waals surface area contributed by atoms with Gasteiger partial charge in [-0.05, 0) is 70.7 Å².